The predicted molar refractivity (Wildman–Crippen MR) is 105 cm³/mol. The van der Waals surface area contributed by atoms with E-state index in [1.807, 2.05) is 32.9 Å². The summed E-state index contributed by atoms with van der Waals surface area (Å²) in [6.45, 7) is 5.83. The number of aryl methyl sites for hydroxylation is 1. The Labute approximate surface area is 161 Å². The largest absolute Gasteiger partial charge is 0.494 e. The Bertz CT molecular complexity index is 1130. The Kier molecular flexibility index (Phi) is 4.38. The number of nitrogens with zero attached hydrogens (tertiary/aromatic N) is 4. The number of hydrogen-bond acceptors (Lipinski definition) is 6. The van der Waals surface area contributed by atoms with Crippen LogP contribution in [0.15, 0.2) is 36.9 Å². The van der Waals surface area contributed by atoms with Crippen LogP contribution >= 0.6 is 0 Å². The molecule has 8 heteroatoms. The van der Waals surface area contributed by atoms with Gasteiger partial charge in [-0.2, -0.15) is 5.10 Å². The normalized spacial score (nSPS) is 11.3. The van der Waals surface area contributed by atoms with Crippen molar-refractivity contribution in [3.05, 3.63) is 42.5 Å². The van der Waals surface area contributed by atoms with Crippen molar-refractivity contribution in [2.45, 2.75) is 26.9 Å². The maximum atomic E-state index is 10.6. The SMILES string of the molecule is COc1ncc(-c2cc(C)c3c(O)n(-c4cn[nH]c4)cc3n2)cc1OC(C)C. The molecule has 0 radical (unpaired) electrons. The first kappa shape index (κ1) is 17.8. The molecule has 0 spiro atoms. The van der Waals surface area contributed by atoms with Crippen LogP contribution in [0.5, 0.6) is 17.5 Å². The van der Waals surface area contributed by atoms with Crippen LogP contribution in [0.3, 0.4) is 0 Å². The van der Waals surface area contributed by atoms with E-state index in [4.69, 9.17) is 14.5 Å². The molecule has 4 aromatic rings. The average molecular weight is 379 g/mol. The van der Waals surface area contributed by atoms with Crippen LogP contribution in [0.1, 0.15) is 19.4 Å². The zero-order chi connectivity index (χ0) is 19.8. The number of fused-ring (bicyclic) bond motifs is 1. The van der Waals surface area contributed by atoms with E-state index >= 15 is 0 Å². The van der Waals surface area contributed by atoms with Gasteiger partial charge in [-0.05, 0) is 38.5 Å². The number of aromatic nitrogens is 5. The molecule has 0 saturated heterocycles. The molecule has 0 bridgehead atoms. The second-order valence-electron chi connectivity index (χ2n) is 6.76. The molecule has 8 nitrogen and oxygen atoms in total. The Morgan fingerprint density at radius 2 is 2.04 bits per heavy atom. The second-order valence-corrected chi connectivity index (χ2v) is 6.76. The van der Waals surface area contributed by atoms with Crippen molar-refractivity contribution in [1.82, 2.24) is 24.7 Å². The highest BCUT2D eigenvalue weighted by Crippen LogP contribution is 2.35. The first-order chi connectivity index (χ1) is 13.5. The van der Waals surface area contributed by atoms with Gasteiger partial charge < -0.3 is 14.6 Å². The van der Waals surface area contributed by atoms with Crippen molar-refractivity contribution < 1.29 is 14.6 Å². The van der Waals surface area contributed by atoms with Gasteiger partial charge in [0.2, 0.25) is 5.88 Å². The van der Waals surface area contributed by atoms with Gasteiger partial charge in [0.05, 0.1) is 41.7 Å². The van der Waals surface area contributed by atoms with Crippen LogP contribution in [0.2, 0.25) is 0 Å². The molecule has 4 heterocycles. The molecule has 0 aliphatic carbocycles. The molecule has 0 aromatic carbocycles. The number of methoxy groups -OCH3 is 1. The highest BCUT2D eigenvalue weighted by Gasteiger charge is 2.17. The first-order valence-electron chi connectivity index (χ1n) is 8.89. The van der Waals surface area contributed by atoms with E-state index < -0.39 is 0 Å². The number of aromatic amines is 1. The van der Waals surface area contributed by atoms with Crippen LogP contribution in [0.25, 0.3) is 27.8 Å². The molecule has 0 unspecified atom stereocenters. The monoisotopic (exact) mass is 379 g/mol. The zero-order valence-electron chi connectivity index (χ0n) is 16.1. The molecule has 0 saturated carbocycles. The number of nitrogens with one attached hydrogen (secondary N) is 1. The maximum absolute atomic E-state index is 10.6. The number of H-pyrrole nitrogens is 1. The van der Waals surface area contributed by atoms with E-state index in [-0.39, 0.29) is 12.0 Å². The molecule has 0 fully saturated rings. The molecule has 0 aliphatic rings. The third-order valence-electron chi connectivity index (χ3n) is 4.38. The fourth-order valence-electron chi connectivity index (χ4n) is 3.17. The summed E-state index contributed by atoms with van der Waals surface area (Å²) in [5.41, 5.74) is 3.85. The van der Waals surface area contributed by atoms with Gasteiger partial charge in [0.1, 0.15) is 0 Å². The number of rotatable bonds is 5. The molecule has 0 amide bonds. The van der Waals surface area contributed by atoms with Gasteiger partial charge in [-0.1, -0.05) is 0 Å². The van der Waals surface area contributed by atoms with E-state index in [2.05, 4.69) is 15.2 Å². The third kappa shape index (κ3) is 3.02. The number of aromatic hydroxyl groups is 1. The van der Waals surface area contributed by atoms with E-state index in [9.17, 15) is 5.11 Å². The van der Waals surface area contributed by atoms with Gasteiger partial charge >= 0.3 is 0 Å². The minimum absolute atomic E-state index is 0.0101. The topological polar surface area (TPSA) is 98.1 Å². The number of ether oxygens (including phenoxy) is 2. The lowest BCUT2D eigenvalue weighted by molar-refractivity contribution is 0.227. The number of hydrogen-bond donors (Lipinski definition) is 2. The summed E-state index contributed by atoms with van der Waals surface area (Å²) < 4.78 is 12.8. The lowest BCUT2D eigenvalue weighted by Crippen LogP contribution is -2.07. The van der Waals surface area contributed by atoms with Crippen molar-refractivity contribution in [2.75, 3.05) is 7.11 Å². The summed E-state index contributed by atoms with van der Waals surface area (Å²) in [6.07, 6.45) is 6.82. The molecule has 28 heavy (non-hydrogen) atoms. The fourth-order valence-corrected chi connectivity index (χ4v) is 3.17. The first-order valence-corrected chi connectivity index (χ1v) is 8.89. The Hall–Kier alpha value is -3.55. The lowest BCUT2D eigenvalue weighted by atomic mass is 10.1. The lowest BCUT2D eigenvalue weighted by Gasteiger charge is -2.14. The summed E-state index contributed by atoms with van der Waals surface area (Å²) in [5, 5.41) is 18.0. The highest BCUT2D eigenvalue weighted by molar-refractivity contribution is 5.90. The zero-order valence-corrected chi connectivity index (χ0v) is 16.1. The van der Waals surface area contributed by atoms with Crippen LogP contribution in [0, 0.1) is 6.92 Å². The minimum atomic E-state index is -0.0101. The van der Waals surface area contributed by atoms with Crippen LogP contribution in [0.4, 0.5) is 0 Å². The van der Waals surface area contributed by atoms with E-state index in [1.165, 1.54) is 0 Å². The van der Waals surface area contributed by atoms with Crippen molar-refractivity contribution in [1.29, 1.82) is 0 Å². The minimum Gasteiger partial charge on any atom is -0.494 e. The van der Waals surface area contributed by atoms with Gasteiger partial charge in [0, 0.05) is 24.2 Å². The summed E-state index contributed by atoms with van der Waals surface area (Å²) in [6, 6.07) is 3.79. The van der Waals surface area contributed by atoms with Gasteiger partial charge in [0.15, 0.2) is 5.75 Å². The van der Waals surface area contributed by atoms with Crippen molar-refractivity contribution >= 4 is 10.9 Å². The molecule has 0 atom stereocenters. The molecular formula is C20H21N5O3. The van der Waals surface area contributed by atoms with Gasteiger partial charge in [-0.25, -0.2) is 9.97 Å². The number of pyridine rings is 2. The summed E-state index contributed by atoms with van der Waals surface area (Å²) in [7, 11) is 1.56. The highest BCUT2D eigenvalue weighted by atomic mass is 16.5. The molecular weight excluding hydrogens is 358 g/mol. The molecule has 144 valence electrons. The van der Waals surface area contributed by atoms with Crippen LogP contribution in [-0.2, 0) is 0 Å². The summed E-state index contributed by atoms with van der Waals surface area (Å²) in [5.74, 6) is 1.12. The Morgan fingerprint density at radius 1 is 1.21 bits per heavy atom. The quantitative estimate of drug-likeness (QED) is 0.550. The third-order valence-corrected chi connectivity index (χ3v) is 4.38. The Balaban J connectivity index is 1.84. The van der Waals surface area contributed by atoms with Gasteiger partial charge in [-0.15, -0.1) is 0 Å². The van der Waals surface area contributed by atoms with Crippen LogP contribution in [-0.4, -0.2) is 43.1 Å². The average Bonchev–Trinajstić information content (AvgIpc) is 3.29. The maximum Gasteiger partial charge on any atom is 0.256 e. The fraction of sp³-hybridized carbons (Fsp3) is 0.250. The predicted octanol–water partition coefficient (Wildman–Crippen LogP) is 3.62. The van der Waals surface area contributed by atoms with E-state index in [0.29, 0.717) is 22.5 Å². The van der Waals surface area contributed by atoms with Gasteiger partial charge in [0.25, 0.3) is 5.88 Å². The molecule has 4 aromatic heterocycles. The smallest absolute Gasteiger partial charge is 0.256 e. The van der Waals surface area contributed by atoms with Crippen LogP contribution < -0.4 is 9.47 Å². The summed E-state index contributed by atoms with van der Waals surface area (Å²) in [4.78, 5) is 9.07. The van der Waals surface area contributed by atoms with Crippen molar-refractivity contribution in [2.24, 2.45) is 0 Å². The molecule has 2 N–H and O–H groups in total. The second kappa shape index (κ2) is 6.88. The van der Waals surface area contributed by atoms with Crippen molar-refractivity contribution in [3.63, 3.8) is 0 Å². The standard InChI is InChI=1S/C20H21N5O3/c1-11(2)28-17-6-13(7-21-19(17)27-4)15-5-12(3)18-16(24-15)10-25(20(18)26)14-8-22-23-9-14/h5-11,26H,1-4H3,(H,22,23). The van der Waals surface area contributed by atoms with Gasteiger partial charge in [-0.3, -0.25) is 9.67 Å². The van der Waals surface area contributed by atoms with Crippen molar-refractivity contribution in [3.8, 4) is 34.5 Å². The van der Waals surface area contributed by atoms with E-state index in [0.717, 1.165) is 22.5 Å². The van der Waals surface area contributed by atoms with E-state index in [1.54, 1.807) is 36.5 Å². The summed E-state index contributed by atoms with van der Waals surface area (Å²) >= 11 is 0. The molecule has 4 rings (SSSR count). The molecule has 0 aliphatic heterocycles. The Morgan fingerprint density at radius 3 is 2.71 bits per heavy atom.